The van der Waals surface area contributed by atoms with Crippen molar-refractivity contribution in [3.63, 3.8) is 0 Å². The van der Waals surface area contributed by atoms with E-state index in [1.54, 1.807) is 0 Å². The zero-order chi connectivity index (χ0) is 26.0. The van der Waals surface area contributed by atoms with E-state index in [1.807, 2.05) is 0 Å². The summed E-state index contributed by atoms with van der Waals surface area (Å²) in [5, 5.41) is 14.9. The normalized spacial score (nSPS) is 28.8. The number of aromatic nitrogens is 2. The van der Waals surface area contributed by atoms with Crippen molar-refractivity contribution in [2.75, 3.05) is 13.2 Å². The van der Waals surface area contributed by atoms with E-state index in [2.05, 4.69) is 10.3 Å². The van der Waals surface area contributed by atoms with Gasteiger partial charge in [-0.1, -0.05) is 0 Å². The van der Waals surface area contributed by atoms with Gasteiger partial charge >= 0.3 is 0 Å². The van der Waals surface area contributed by atoms with Gasteiger partial charge in [0.2, 0.25) is 0 Å². The third-order valence-electron chi connectivity index (χ3n) is 8.13. The highest BCUT2D eigenvalue weighted by molar-refractivity contribution is 5.81. The fourth-order valence-corrected chi connectivity index (χ4v) is 6.19. The molecule has 3 aromatic rings. The number of pyridine rings is 2. The Bertz CT molecular complexity index is 1480. The number of aliphatic hydroxyl groups is 1. The lowest BCUT2D eigenvalue weighted by Crippen LogP contribution is -2.63. The van der Waals surface area contributed by atoms with Gasteiger partial charge in [-0.3, -0.25) is 9.78 Å². The molecule has 0 spiro atoms. The molecule has 0 unspecified atom stereocenters. The lowest BCUT2D eigenvalue weighted by molar-refractivity contribution is -0.192. The summed E-state index contributed by atoms with van der Waals surface area (Å²) >= 11 is 0. The first-order valence-electron chi connectivity index (χ1n) is 12.2. The highest BCUT2D eigenvalue weighted by Gasteiger charge is 2.55. The van der Waals surface area contributed by atoms with E-state index in [9.17, 15) is 27.5 Å². The van der Waals surface area contributed by atoms with Gasteiger partial charge in [0, 0.05) is 35.7 Å². The molecule has 5 heterocycles. The smallest absolute Gasteiger partial charge is 0.251 e. The summed E-state index contributed by atoms with van der Waals surface area (Å²) in [6, 6.07) is 5.74. The fourth-order valence-electron chi connectivity index (χ4n) is 6.19. The molecular weight excluding hydrogens is 490 g/mol. The van der Waals surface area contributed by atoms with Crippen LogP contribution in [0.3, 0.4) is 0 Å². The Kier molecular flexibility index (Phi) is 5.56. The minimum atomic E-state index is -1.63. The van der Waals surface area contributed by atoms with Gasteiger partial charge in [-0.2, -0.15) is 0 Å². The summed E-state index contributed by atoms with van der Waals surface area (Å²) in [7, 11) is 0. The highest BCUT2D eigenvalue weighted by Crippen LogP contribution is 2.51. The Morgan fingerprint density at radius 2 is 1.92 bits per heavy atom. The van der Waals surface area contributed by atoms with Gasteiger partial charge in [0.05, 0.1) is 36.0 Å². The Labute approximate surface area is 209 Å². The topological polar surface area (TPSA) is 76.4 Å². The van der Waals surface area contributed by atoms with Crippen LogP contribution in [0.25, 0.3) is 17.1 Å². The van der Waals surface area contributed by atoms with Crippen molar-refractivity contribution in [2.24, 2.45) is 0 Å². The summed E-state index contributed by atoms with van der Waals surface area (Å²) in [4.78, 5) is 16.5. The maximum absolute atomic E-state index is 14.9. The van der Waals surface area contributed by atoms with E-state index in [0.717, 1.165) is 30.5 Å². The zero-order valence-corrected chi connectivity index (χ0v) is 19.9. The van der Waals surface area contributed by atoms with Crippen LogP contribution >= 0.6 is 0 Å². The number of fused-ring (bicyclic) bond motifs is 3. The van der Waals surface area contributed by atoms with Crippen molar-refractivity contribution in [3.8, 4) is 0 Å². The van der Waals surface area contributed by atoms with Crippen LogP contribution in [0.4, 0.5) is 17.6 Å². The highest BCUT2D eigenvalue weighted by atomic mass is 19.1. The molecule has 7 rings (SSSR count). The quantitative estimate of drug-likeness (QED) is 0.484. The maximum atomic E-state index is 14.9. The number of hydrogen-bond donors (Lipinski definition) is 2. The van der Waals surface area contributed by atoms with Crippen LogP contribution in [0.2, 0.25) is 0 Å². The zero-order valence-electron chi connectivity index (χ0n) is 19.9. The van der Waals surface area contributed by atoms with Crippen LogP contribution in [0, 0.1) is 17.5 Å². The molecule has 0 radical (unpaired) electrons. The number of hydrogen-bond acceptors (Lipinski definition) is 5. The van der Waals surface area contributed by atoms with Crippen LogP contribution in [0.15, 0.2) is 47.2 Å². The second-order valence-electron chi connectivity index (χ2n) is 10.5. The number of benzene rings is 1. The number of nitrogens with one attached hydrogen (secondary N) is 1. The van der Waals surface area contributed by atoms with Gasteiger partial charge in [0.15, 0.2) is 0 Å². The summed E-state index contributed by atoms with van der Waals surface area (Å²) in [6.45, 7) is 0.00275. The first kappa shape index (κ1) is 24.3. The van der Waals surface area contributed by atoms with Gasteiger partial charge in [-0.15, -0.1) is 0 Å². The van der Waals surface area contributed by atoms with E-state index in [4.69, 9.17) is 4.74 Å². The average molecular weight is 516 g/mol. The lowest BCUT2D eigenvalue weighted by Gasteiger charge is -2.55. The van der Waals surface area contributed by atoms with Gasteiger partial charge in [-0.25, -0.2) is 17.6 Å². The lowest BCUT2D eigenvalue weighted by atomic mass is 9.67. The third-order valence-corrected chi connectivity index (χ3v) is 8.13. The molecule has 0 amide bonds. The summed E-state index contributed by atoms with van der Waals surface area (Å²) < 4.78 is 64.3. The van der Waals surface area contributed by atoms with E-state index in [-0.39, 0.29) is 42.8 Å². The predicted molar refractivity (Wildman–Crippen MR) is 128 cm³/mol. The molecule has 194 valence electrons. The Morgan fingerprint density at radius 3 is 2.65 bits per heavy atom. The van der Waals surface area contributed by atoms with Crippen molar-refractivity contribution in [1.29, 1.82) is 0 Å². The molecule has 1 aliphatic carbocycles. The molecule has 3 aliphatic heterocycles. The molecule has 2 bridgehead atoms. The molecule has 1 atom stereocenters. The molecule has 10 heteroatoms. The molecule has 2 N–H and O–H groups in total. The van der Waals surface area contributed by atoms with Crippen LogP contribution in [-0.2, 0) is 16.9 Å². The summed E-state index contributed by atoms with van der Waals surface area (Å²) in [5.74, 6) is -2.67. The van der Waals surface area contributed by atoms with Gasteiger partial charge in [0.1, 0.15) is 28.9 Å². The SMILES string of the molecule is O=c1ccc2ncc(F)c3c2n1C[C@@]3(O)CC12CCC(NC/C(F)=C/c3cc(F)ccc3F)(CC1)CO2. The second kappa shape index (κ2) is 8.47. The van der Waals surface area contributed by atoms with Crippen molar-refractivity contribution in [3.05, 3.63) is 81.3 Å². The second-order valence-corrected chi connectivity index (χ2v) is 10.5. The van der Waals surface area contributed by atoms with Crippen molar-refractivity contribution < 1.29 is 27.4 Å². The Morgan fingerprint density at radius 1 is 1.14 bits per heavy atom. The third kappa shape index (κ3) is 4.07. The molecule has 2 aromatic heterocycles. The number of halogens is 4. The first-order chi connectivity index (χ1) is 17.6. The van der Waals surface area contributed by atoms with Gasteiger partial charge in [-0.05, 0) is 56.0 Å². The number of ether oxygens (including phenoxy) is 1. The maximum Gasteiger partial charge on any atom is 0.251 e. The van der Waals surface area contributed by atoms with E-state index in [1.165, 1.54) is 16.7 Å². The van der Waals surface area contributed by atoms with E-state index in [0.29, 0.717) is 36.7 Å². The largest absolute Gasteiger partial charge is 0.383 e. The molecule has 1 saturated carbocycles. The van der Waals surface area contributed by atoms with Crippen molar-refractivity contribution in [1.82, 2.24) is 14.9 Å². The Hall–Kier alpha value is -3.08. The van der Waals surface area contributed by atoms with Gasteiger partial charge < -0.3 is 19.7 Å². The van der Waals surface area contributed by atoms with E-state index < -0.39 is 40.0 Å². The molecular formula is C27H25F4N3O3. The van der Waals surface area contributed by atoms with E-state index >= 15 is 0 Å². The summed E-state index contributed by atoms with van der Waals surface area (Å²) in [5.41, 5.74) is -2.52. The van der Waals surface area contributed by atoms with Crippen LogP contribution < -0.4 is 10.9 Å². The first-order valence-corrected chi connectivity index (χ1v) is 12.2. The monoisotopic (exact) mass is 515 g/mol. The molecule has 2 saturated heterocycles. The van der Waals surface area contributed by atoms with Crippen LogP contribution in [0.5, 0.6) is 0 Å². The molecule has 6 nitrogen and oxygen atoms in total. The average Bonchev–Trinajstić information content (AvgIpc) is 3.19. The number of nitrogens with zero attached hydrogens (tertiary/aromatic N) is 2. The standard InChI is InChI=1S/C27H25F4N3O3/c28-17-1-2-19(30)16(9-17)10-18(29)11-33-25-5-7-26(8-6-25,37-15-25)13-27(36)14-34-22(35)4-3-21-24(34)23(27)20(31)12-32-21/h1-4,9-10,12,33,36H,5-8,11,13-15H2/b18-10-/t25?,26?,27-/m0/s1. The summed E-state index contributed by atoms with van der Waals surface area (Å²) in [6.07, 6.45) is 4.51. The molecule has 37 heavy (non-hydrogen) atoms. The molecule has 3 fully saturated rings. The van der Waals surface area contributed by atoms with Crippen LogP contribution in [0.1, 0.15) is 43.2 Å². The Balaban J connectivity index is 1.17. The fraction of sp³-hybridized carbons (Fsp3) is 0.407. The van der Waals surface area contributed by atoms with Crippen molar-refractivity contribution >= 4 is 17.1 Å². The predicted octanol–water partition coefficient (Wildman–Crippen LogP) is 4.09. The van der Waals surface area contributed by atoms with Crippen LogP contribution in [-0.4, -0.2) is 38.9 Å². The molecule has 1 aromatic carbocycles. The number of rotatable bonds is 6. The minimum absolute atomic E-state index is 0.0745. The minimum Gasteiger partial charge on any atom is -0.383 e. The molecule has 4 aliphatic rings. The van der Waals surface area contributed by atoms with Gasteiger partial charge in [0.25, 0.3) is 5.56 Å². The van der Waals surface area contributed by atoms with Crippen molar-refractivity contribution in [2.45, 2.75) is 55.4 Å².